The molecule has 0 radical (unpaired) electrons. The Bertz CT molecular complexity index is 710. The van der Waals surface area contributed by atoms with Gasteiger partial charge in [-0.2, -0.15) is 0 Å². The average Bonchev–Trinajstić information content (AvgIpc) is 2.64. The van der Waals surface area contributed by atoms with Gasteiger partial charge in [-0.15, -0.1) is 10.2 Å². The molecule has 132 valence electrons. The SMILES string of the molecule is CC(C)c1ccccc1Nc1ccc(NC(=O)C2CCOCC2)nn1. The second kappa shape index (κ2) is 8.07. The van der Waals surface area contributed by atoms with Crippen LogP contribution in [0.1, 0.15) is 38.2 Å². The van der Waals surface area contributed by atoms with Gasteiger partial charge in [0.2, 0.25) is 5.91 Å². The predicted molar refractivity (Wildman–Crippen MR) is 98.0 cm³/mol. The van der Waals surface area contributed by atoms with Crippen molar-refractivity contribution >= 4 is 23.2 Å². The fourth-order valence-electron chi connectivity index (χ4n) is 2.91. The van der Waals surface area contributed by atoms with Gasteiger partial charge in [0, 0.05) is 24.8 Å². The number of hydrogen-bond acceptors (Lipinski definition) is 5. The maximum Gasteiger partial charge on any atom is 0.228 e. The highest BCUT2D eigenvalue weighted by Crippen LogP contribution is 2.26. The first-order valence-electron chi connectivity index (χ1n) is 8.72. The van der Waals surface area contributed by atoms with Gasteiger partial charge in [-0.25, -0.2) is 0 Å². The summed E-state index contributed by atoms with van der Waals surface area (Å²) in [4.78, 5) is 12.2. The zero-order chi connectivity index (χ0) is 17.6. The molecule has 0 atom stereocenters. The van der Waals surface area contributed by atoms with Crippen molar-refractivity contribution < 1.29 is 9.53 Å². The number of nitrogens with one attached hydrogen (secondary N) is 2. The van der Waals surface area contributed by atoms with E-state index in [1.54, 1.807) is 6.07 Å². The highest BCUT2D eigenvalue weighted by atomic mass is 16.5. The summed E-state index contributed by atoms with van der Waals surface area (Å²) in [6, 6.07) is 11.7. The molecular weight excluding hydrogens is 316 g/mol. The molecule has 1 fully saturated rings. The number of anilines is 3. The van der Waals surface area contributed by atoms with Crippen LogP contribution >= 0.6 is 0 Å². The van der Waals surface area contributed by atoms with Crippen molar-refractivity contribution in [1.29, 1.82) is 0 Å². The van der Waals surface area contributed by atoms with Crippen molar-refractivity contribution in [2.45, 2.75) is 32.6 Å². The number of benzene rings is 1. The predicted octanol–water partition coefficient (Wildman–Crippen LogP) is 3.71. The first-order valence-corrected chi connectivity index (χ1v) is 8.72. The molecular formula is C19H24N4O2. The van der Waals surface area contributed by atoms with Crippen LogP contribution in [0.4, 0.5) is 17.3 Å². The van der Waals surface area contributed by atoms with E-state index in [9.17, 15) is 4.79 Å². The first kappa shape index (κ1) is 17.4. The van der Waals surface area contributed by atoms with Crippen LogP contribution in [0.5, 0.6) is 0 Å². The number of para-hydroxylation sites is 1. The van der Waals surface area contributed by atoms with E-state index >= 15 is 0 Å². The molecule has 1 aromatic heterocycles. The average molecular weight is 340 g/mol. The van der Waals surface area contributed by atoms with Crippen LogP contribution in [0.25, 0.3) is 0 Å². The summed E-state index contributed by atoms with van der Waals surface area (Å²) in [6.45, 7) is 5.59. The molecule has 0 bridgehead atoms. The highest BCUT2D eigenvalue weighted by Gasteiger charge is 2.21. The minimum atomic E-state index is -0.0107. The molecule has 6 heteroatoms. The molecule has 25 heavy (non-hydrogen) atoms. The lowest BCUT2D eigenvalue weighted by Gasteiger charge is -2.20. The molecule has 2 aromatic rings. The van der Waals surface area contributed by atoms with Gasteiger partial charge in [0.05, 0.1) is 0 Å². The summed E-state index contributed by atoms with van der Waals surface area (Å²) in [6.07, 6.45) is 1.51. The number of nitrogens with zero attached hydrogens (tertiary/aromatic N) is 2. The van der Waals surface area contributed by atoms with Crippen LogP contribution in [-0.4, -0.2) is 29.3 Å². The Hall–Kier alpha value is -2.47. The Labute approximate surface area is 148 Å². The molecule has 6 nitrogen and oxygen atoms in total. The Morgan fingerprint density at radius 3 is 2.44 bits per heavy atom. The fourth-order valence-corrected chi connectivity index (χ4v) is 2.91. The normalized spacial score (nSPS) is 15.2. The van der Waals surface area contributed by atoms with Crippen LogP contribution in [-0.2, 0) is 9.53 Å². The number of ether oxygens (including phenoxy) is 1. The van der Waals surface area contributed by atoms with Crippen LogP contribution in [0, 0.1) is 5.92 Å². The van der Waals surface area contributed by atoms with Crippen LogP contribution in [0.3, 0.4) is 0 Å². The third-order valence-corrected chi connectivity index (χ3v) is 4.35. The maximum atomic E-state index is 12.2. The Kier molecular flexibility index (Phi) is 5.60. The molecule has 1 aromatic carbocycles. The topological polar surface area (TPSA) is 76.1 Å². The van der Waals surface area contributed by atoms with Crippen molar-refractivity contribution in [2.24, 2.45) is 5.92 Å². The lowest BCUT2D eigenvalue weighted by Crippen LogP contribution is -2.28. The largest absolute Gasteiger partial charge is 0.381 e. The molecule has 0 saturated carbocycles. The van der Waals surface area contributed by atoms with Crippen molar-refractivity contribution in [3.8, 4) is 0 Å². The van der Waals surface area contributed by atoms with Gasteiger partial charge in [0.1, 0.15) is 0 Å². The van der Waals surface area contributed by atoms with Crippen LogP contribution < -0.4 is 10.6 Å². The molecule has 1 saturated heterocycles. The zero-order valence-corrected chi connectivity index (χ0v) is 14.7. The number of aromatic nitrogens is 2. The zero-order valence-electron chi connectivity index (χ0n) is 14.7. The molecule has 0 aliphatic carbocycles. The third kappa shape index (κ3) is 4.54. The molecule has 0 spiro atoms. The molecule has 2 N–H and O–H groups in total. The molecule has 1 aliphatic rings. The summed E-state index contributed by atoms with van der Waals surface area (Å²) >= 11 is 0. The Morgan fingerprint density at radius 2 is 1.76 bits per heavy atom. The number of rotatable bonds is 5. The van der Waals surface area contributed by atoms with Gasteiger partial charge in [0.25, 0.3) is 0 Å². The molecule has 3 rings (SSSR count). The van der Waals surface area contributed by atoms with E-state index in [4.69, 9.17) is 4.74 Å². The summed E-state index contributed by atoms with van der Waals surface area (Å²) in [5.41, 5.74) is 2.24. The number of hydrogen-bond donors (Lipinski definition) is 2. The minimum absolute atomic E-state index is 0.00808. The molecule has 0 unspecified atom stereocenters. The number of carbonyl (C=O) groups excluding carboxylic acids is 1. The molecule has 1 aliphatic heterocycles. The fraction of sp³-hybridized carbons (Fsp3) is 0.421. The summed E-state index contributed by atoms with van der Waals surface area (Å²) in [5.74, 6) is 1.51. The first-order chi connectivity index (χ1) is 12.1. The Morgan fingerprint density at radius 1 is 1.08 bits per heavy atom. The van der Waals surface area contributed by atoms with Gasteiger partial charge in [-0.1, -0.05) is 32.0 Å². The van der Waals surface area contributed by atoms with Gasteiger partial charge in [-0.3, -0.25) is 4.79 Å². The standard InChI is InChI=1S/C19H24N4O2/c1-13(2)15-5-3-4-6-16(15)20-17-7-8-18(23-22-17)21-19(24)14-9-11-25-12-10-14/h3-8,13-14H,9-12H2,1-2H3,(H,20,22)(H,21,23,24). The smallest absolute Gasteiger partial charge is 0.228 e. The van der Waals surface area contributed by atoms with Gasteiger partial charge >= 0.3 is 0 Å². The molecule has 1 amide bonds. The van der Waals surface area contributed by atoms with E-state index in [2.05, 4.69) is 40.7 Å². The number of amides is 1. The van der Waals surface area contributed by atoms with E-state index in [0.29, 0.717) is 30.8 Å². The van der Waals surface area contributed by atoms with Crippen LogP contribution in [0.2, 0.25) is 0 Å². The van der Waals surface area contributed by atoms with Gasteiger partial charge in [0.15, 0.2) is 11.6 Å². The van der Waals surface area contributed by atoms with Crippen molar-refractivity contribution in [2.75, 3.05) is 23.8 Å². The van der Waals surface area contributed by atoms with E-state index in [0.717, 1.165) is 18.5 Å². The maximum absolute atomic E-state index is 12.2. The van der Waals surface area contributed by atoms with Crippen molar-refractivity contribution in [3.63, 3.8) is 0 Å². The highest BCUT2D eigenvalue weighted by molar-refractivity contribution is 5.91. The monoisotopic (exact) mass is 340 g/mol. The Balaban J connectivity index is 1.63. The van der Waals surface area contributed by atoms with Crippen molar-refractivity contribution in [1.82, 2.24) is 10.2 Å². The van der Waals surface area contributed by atoms with E-state index in [-0.39, 0.29) is 11.8 Å². The lowest BCUT2D eigenvalue weighted by atomic mass is 9.99. The van der Waals surface area contributed by atoms with Gasteiger partial charge < -0.3 is 15.4 Å². The van der Waals surface area contributed by atoms with Crippen molar-refractivity contribution in [3.05, 3.63) is 42.0 Å². The minimum Gasteiger partial charge on any atom is -0.381 e. The van der Waals surface area contributed by atoms with E-state index in [1.807, 2.05) is 24.3 Å². The second-order valence-corrected chi connectivity index (χ2v) is 6.55. The third-order valence-electron chi connectivity index (χ3n) is 4.35. The second-order valence-electron chi connectivity index (χ2n) is 6.55. The quantitative estimate of drug-likeness (QED) is 0.868. The van der Waals surface area contributed by atoms with Gasteiger partial charge in [-0.05, 0) is 42.5 Å². The summed E-state index contributed by atoms with van der Waals surface area (Å²) in [7, 11) is 0. The number of carbonyl (C=O) groups is 1. The summed E-state index contributed by atoms with van der Waals surface area (Å²) < 4.78 is 5.28. The lowest BCUT2D eigenvalue weighted by molar-refractivity contribution is -0.122. The van der Waals surface area contributed by atoms with E-state index < -0.39 is 0 Å². The van der Waals surface area contributed by atoms with E-state index in [1.165, 1.54) is 5.56 Å². The van der Waals surface area contributed by atoms with Crippen LogP contribution in [0.15, 0.2) is 36.4 Å². The molecule has 2 heterocycles. The summed E-state index contributed by atoms with van der Waals surface area (Å²) in [5, 5.41) is 14.4.